The summed E-state index contributed by atoms with van der Waals surface area (Å²) >= 11 is 1.04. The first-order valence-corrected chi connectivity index (χ1v) is 5.18. The lowest BCUT2D eigenvalue weighted by atomic mass is 10.4. The maximum absolute atomic E-state index is 11.0. The van der Waals surface area contributed by atoms with E-state index in [-0.39, 0.29) is 18.9 Å². The normalized spacial score (nSPS) is 9.40. The summed E-state index contributed by atoms with van der Waals surface area (Å²) in [5.41, 5.74) is 0. The van der Waals surface area contributed by atoms with E-state index in [9.17, 15) is 14.4 Å². The van der Waals surface area contributed by atoms with Crippen LogP contribution < -0.4 is 15.8 Å². The molecule has 0 aromatic rings. The van der Waals surface area contributed by atoms with Gasteiger partial charge in [0, 0.05) is 12.2 Å². The number of carboxylic acid groups (broad SMARTS) is 1. The first kappa shape index (κ1) is 13.7. The maximum Gasteiger partial charge on any atom is 0.322 e. The molecular weight excluding hydrogens is 222 g/mol. The molecule has 0 radical (unpaired) electrons. The summed E-state index contributed by atoms with van der Waals surface area (Å²) in [5.74, 6) is -1.48. The predicted octanol–water partition coefficient (Wildman–Crippen LogP) is -1.70. The summed E-state index contributed by atoms with van der Waals surface area (Å²) in [6.45, 7) is -0.672. The quantitative estimate of drug-likeness (QED) is 0.390. The van der Waals surface area contributed by atoms with Crippen LogP contribution in [0.5, 0.6) is 0 Å². The summed E-state index contributed by atoms with van der Waals surface area (Å²) in [6.07, 6.45) is 0.230. The number of rotatable bonds is 7. The Morgan fingerprint density at radius 2 is 1.73 bits per heavy atom. The molecule has 0 aromatic heterocycles. The van der Waals surface area contributed by atoms with Crippen LogP contribution >= 0.6 is 11.9 Å². The van der Waals surface area contributed by atoms with Crippen LogP contribution in [0.4, 0.5) is 0 Å². The van der Waals surface area contributed by atoms with Crippen LogP contribution in [0.1, 0.15) is 6.42 Å². The molecule has 0 heterocycles. The molecule has 0 aliphatic heterocycles. The van der Waals surface area contributed by atoms with Crippen molar-refractivity contribution in [1.29, 1.82) is 0 Å². The minimum Gasteiger partial charge on any atom is -0.480 e. The van der Waals surface area contributed by atoms with E-state index in [1.807, 2.05) is 0 Å². The summed E-state index contributed by atoms with van der Waals surface area (Å²) in [7, 11) is 0. The molecule has 7 nitrogen and oxygen atoms in total. The summed E-state index contributed by atoms with van der Waals surface area (Å²) in [5, 5.41) is 17.8. The standard InChI is InChI=1S/C7H13N3O4S/c8-15-2-1-5(11)9-3-6(12)10-4-7(13)14/h1-4,8H2,(H,9,11)(H,10,12)(H,13,14). The zero-order valence-corrected chi connectivity index (χ0v) is 8.80. The smallest absolute Gasteiger partial charge is 0.322 e. The number of carbonyl (C=O) groups is 3. The van der Waals surface area contributed by atoms with Gasteiger partial charge in [0.1, 0.15) is 6.54 Å². The van der Waals surface area contributed by atoms with Crippen molar-refractivity contribution in [2.45, 2.75) is 6.42 Å². The molecular formula is C7H13N3O4S. The van der Waals surface area contributed by atoms with Gasteiger partial charge in [-0.3, -0.25) is 19.5 Å². The third-order valence-electron chi connectivity index (χ3n) is 1.33. The van der Waals surface area contributed by atoms with Gasteiger partial charge in [0.15, 0.2) is 0 Å². The molecule has 2 amide bonds. The minimum atomic E-state index is -1.13. The van der Waals surface area contributed by atoms with Crippen molar-refractivity contribution < 1.29 is 19.5 Å². The SMILES string of the molecule is NSCCC(=O)NCC(=O)NCC(=O)O. The molecule has 0 bridgehead atoms. The maximum atomic E-state index is 11.0. The Morgan fingerprint density at radius 1 is 1.13 bits per heavy atom. The number of amides is 2. The van der Waals surface area contributed by atoms with Gasteiger partial charge < -0.3 is 15.7 Å². The van der Waals surface area contributed by atoms with E-state index in [1.165, 1.54) is 0 Å². The third-order valence-corrected chi connectivity index (χ3v) is 1.77. The number of hydrogen-bond donors (Lipinski definition) is 4. The Labute approximate surface area is 90.9 Å². The molecule has 86 valence electrons. The predicted molar refractivity (Wildman–Crippen MR) is 54.9 cm³/mol. The van der Waals surface area contributed by atoms with Crippen LogP contribution in [0.25, 0.3) is 0 Å². The molecule has 0 unspecified atom stereocenters. The van der Waals surface area contributed by atoms with Gasteiger partial charge in [-0.05, 0) is 0 Å². The van der Waals surface area contributed by atoms with Crippen molar-refractivity contribution in [1.82, 2.24) is 10.6 Å². The van der Waals surface area contributed by atoms with E-state index in [1.54, 1.807) is 0 Å². The van der Waals surface area contributed by atoms with E-state index < -0.39 is 18.4 Å². The summed E-state index contributed by atoms with van der Waals surface area (Å²) in [6, 6.07) is 0. The lowest BCUT2D eigenvalue weighted by molar-refractivity contribution is -0.137. The van der Waals surface area contributed by atoms with Gasteiger partial charge in [-0.2, -0.15) is 0 Å². The highest BCUT2D eigenvalue weighted by Crippen LogP contribution is 1.89. The average Bonchev–Trinajstić information content (AvgIpc) is 2.20. The molecule has 0 spiro atoms. The molecule has 0 aliphatic rings. The number of nitrogens with two attached hydrogens (primary N) is 1. The molecule has 5 N–H and O–H groups in total. The molecule has 0 saturated carbocycles. The van der Waals surface area contributed by atoms with Crippen molar-refractivity contribution >= 4 is 29.7 Å². The Hall–Kier alpha value is -1.28. The van der Waals surface area contributed by atoms with E-state index in [2.05, 4.69) is 10.6 Å². The Morgan fingerprint density at radius 3 is 2.27 bits per heavy atom. The van der Waals surface area contributed by atoms with Crippen molar-refractivity contribution in [3.05, 3.63) is 0 Å². The zero-order valence-electron chi connectivity index (χ0n) is 7.99. The molecule has 15 heavy (non-hydrogen) atoms. The zero-order chi connectivity index (χ0) is 11.7. The molecule has 0 fully saturated rings. The summed E-state index contributed by atoms with van der Waals surface area (Å²) < 4.78 is 0. The average molecular weight is 235 g/mol. The van der Waals surface area contributed by atoms with Gasteiger partial charge in [0.05, 0.1) is 6.54 Å². The molecule has 0 saturated heterocycles. The monoisotopic (exact) mass is 235 g/mol. The second-order valence-corrected chi connectivity index (χ2v) is 3.31. The molecule has 0 aliphatic carbocycles. The van der Waals surface area contributed by atoms with Gasteiger partial charge >= 0.3 is 5.97 Å². The van der Waals surface area contributed by atoms with E-state index in [0.29, 0.717) is 5.75 Å². The number of carboxylic acids is 1. The molecule has 0 aromatic carbocycles. The largest absolute Gasteiger partial charge is 0.480 e. The molecule has 0 rings (SSSR count). The van der Waals surface area contributed by atoms with Gasteiger partial charge in [-0.25, -0.2) is 0 Å². The first-order valence-electron chi connectivity index (χ1n) is 4.13. The van der Waals surface area contributed by atoms with Crippen LogP contribution in [0.2, 0.25) is 0 Å². The van der Waals surface area contributed by atoms with Gasteiger partial charge in [-0.1, -0.05) is 11.9 Å². The van der Waals surface area contributed by atoms with E-state index in [4.69, 9.17) is 10.2 Å². The van der Waals surface area contributed by atoms with E-state index in [0.717, 1.165) is 11.9 Å². The second kappa shape index (κ2) is 8.06. The lowest BCUT2D eigenvalue weighted by Gasteiger charge is -2.04. The van der Waals surface area contributed by atoms with Crippen LogP contribution in [0, 0.1) is 0 Å². The molecule has 8 heteroatoms. The van der Waals surface area contributed by atoms with Gasteiger partial charge in [0.25, 0.3) is 0 Å². The number of hydrogen-bond acceptors (Lipinski definition) is 5. The topological polar surface area (TPSA) is 122 Å². The van der Waals surface area contributed by atoms with E-state index >= 15 is 0 Å². The third kappa shape index (κ3) is 9.03. The fraction of sp³-hybridized carbons (Fsp3) is 0.571. The fourth-order valence-electron chi connectivity index (χ4n) is 0.656. The minimum absolute atomic E-state index is 0.221. The Kier molecular flexibility index (Phi) is 7.38. The van der Waals surface area contributed by atoms with Crippen LogP contribution in [0.15, 0.2) is 0 Å². The van der Waals surface area contributed by atoms with Crippen LogP contribution in [0.3, 0.4) is 0 Å². The summed E-state index contributed by atoms with van der Waals surface area (Å²) in [4.78, 5) is 31.9. The van der Waals surface area contributed by atoms with Crippen LogP contribution in [-0.2, 0) is 14.4 Å². The highest BCUT2D eigenvalue weighted by Gasteiger charge is 2.06. The highest BCUT2D eigenvalue weighted by atomic mass is 32.2. The highest BCUT2D eigenvalue weighted by molar-refractivity contribution is 7.97. The first-order chi connectivity index (χ1) is 7.06. The number of aliphatic carboxylic acids is 1. The van der Waals surface area contributed by atoms with Gasteiger partial charge in [0.2, 0.25) is 11.8 Å². The van der Waals surface area contributed by atoms with Crippen molar-refractivity contribution in [3.63, 3.8) is 0 Å². The second-order valence-electron chi connectivity index (χ2n) is 2.57. The lowest BCUT2D eigenvalue weighted by Crippen LogP contribution is -2.39. The molecule has 0 atom stereocenters. The number of nitrogens with one attached hydrogen (secondary N) is 2. The Balaban J connectivity index is 3.53. The van der Waals surface area contributed by atoms with Crippen molar-refractivity contribution in [2.75, 3.05) is 18.8 Å². The van der Waals surface area contributed by atoms with Gasteiger partial charge in [-0.15, -0.1) is 0 Å². The fourth-order valence-corrected chi connectivity index (χ4v) is 0.959. The van der Waals surface area contributed by atoms with Crippen molar-refractivity contribution in [2.24, 2.45) is 5.14 Å². The van der Waals surface area contributed by atoms with Crippen molar-refractivity contribution in [3.8, 4) is 0 Å². The van der Waals surface area contributed by atoms with Crippen LogP contribution in [-0.4, -0.2) is 41.7 Å². The Bertz CT molecular complexity index is 246. The number of carbonyl (C=O) groups excluding carboxylic acids is 2.